The van der Waals surface area contributed by atoms with E-state index in [1.807, 2.05) is 0 Å². The van der Waals surface area contributed by atoms with Crippen molar-refractivity contribution in [3.63, 3.8) is 0 Å². The molecule has 0 spiro atoms. The lowest BCUT2D eigenvalue weighted by molar-refractivity contribution is 0.0921. The molecule has 14 heavy (non-hydrogen) atoms. The second-order valence-corrected chi connectivity index (χ2v) is 2.78. The van der Waals surface area contributed by atoms with Crippen LogP contribution >= 0.6 is 0 Å². The van der Waals surface area contributed by atoms with Crippen LogP contribution in [0.25, 0.3) is 0 Å². The van der Waals surface area contributed by atoms with E-state index >= 15 is 0 Å². The van der Waals surface area contributed by atoms with E-state index in [-0.39, 0.29) is 5.56 Å². The van der Waals surface area contributed by atoms with Gasteiger partial charge in [-0.1, -0.05) is 0 Å². The number of aliphatic hydroxyl groups excluding tert-OH is 1. The Morgan fingerprint density at radius 1 is 1.50 bits per heavy atom. The molecule has 3 N–H and O–H groups in total. The van der Waals surface area contributed by atoms with E-state index in [9.17, 15) is 13.6 Å². The summed E-state index contributed by atoms with van der Waals surface area (Å²) in [6.45, 7) is -0.574. The molecule has 0 radical (unpaired) electrons. The molecule has 1 atom stereocenters. The van der Waals surface area contributed by atoms with Crippen molar-refractivity contribution in [3.8, 4) is 0 Å². The summed E-state index contributed by atoms with van der Waals surface area (Å²) in [4.78, 5) is 11.3. The molecule has 3 nitrogen and oxygen atoms in total. The second kappa shape index (κ2) is 4.26. The van der Waals surface area contributed by atoms with E-state index < -0.39 is 30.1 Å². The average molecular weight is 201 g/mol. The summed E-state index contributed by atoms with van der Waals surface area (Å²) in [7, 11) is 0. The summed E-state index contributed by atoms with van der Waals surface area (Å²) >= 11 is 0. The third-order valence-electron chi connectivity index (χ3n) is 1.73. The highest BCUT2D eigenvalue weighted by Gasteiger charge is 2.18. The number of carbonyl (C=O) groups is 1. The van der Waals surface area contributed by atoms with Gasteiger partial charge in [0, 0.05) is 6.07 Å². The highest BCUT2D eigenvalue weighted by Crippen LogP contribution is 2.11. The molecule has 0 saturated heterocycles. The van der Waals surface area contributed by atoms with Gasteiger partial charge in [0.2, 0.25) is 0 Å². The van der Waals surface area contributed by atoms with Crippen LogP contribution in [0.2, 0.25) is 0 Å². The molecular formula is C9H9F2NO2. The Morgan fingerprint density at radius 2 is 2.14 bits per heavy atom. The molecule has 0 bridgehead atoms. The van der Waals surface area contributed by atoms with Crippen molar-refractivity contribution >= 4 is 5.78 Å². The first-order chi connectivity index (χ1) is 6.56. The minimum absolute atomic E-state index is 0.312. The van der Waals surface area contributed by atoms with Crippen molar-refractivity contribution in [1.82, 2.24) is 0 Å². The highest BCUT2D eigenvalue weighted by molar-refractivity contribution is 6.00. The van der Waals surface area contributed by atoms with E-state index in [4.69, 9.17) is 10.8 Å². The standard InChI is InChI=1S/C9H9F2NO2/c10-5-1-2-6(7(11)3-5)9(14)8(12)4-13/h1-3,8,13H,4,12H2. The van der Waals surface area contributed by atoms with Crippen molar-refractivity contribution in [1.29, 1.82) is 0 Å². The number of hydrogen-bond donors (Lipinski definition) is 2. The smallest absolute Gasteiger partial charge is 0.184 e. The fraction of sp³-hybridized carbons (Fsp3) is 0.222. The molecule has 1 aromatic carbocycles. The molecule has 1 rings (SSSR count). The van der Waals surface area contributed by atoms with Gasteiger partial charge < -0.3 is 10.8 Å². The van der Waals surface area contributed by atoms with E-state index in [0.717, 1.165) is 12.1 Å². The van der Waals surface area contributed by atoms with Crippen LogP contribution in [-0.2, 0) is 0 Å². The van der Waals surface area contributed by atoms with E-state index in [2.05, 4.69) is 0 Å². The number of nitrogens with two attached hydrogens (primary N) is 1. The molecule has 0 aliphatic heterocycles. The third kappa shape index (κ3) is 2.12. The van der Waals surface area contributed by atoms with Gasteiger partial charge in [0.25, 0.3) is 0 Å². The molecule has 0 heterocycles. The minimum Gasteiger partial charge on any atom is -0.394 e. The van der Waals surface area contributed by atoms with Crippen molar-refractivity contribution < 1.29 is 18.7 Å². The number of Topliss-reactive ketones (excluding diaryl/α,β-unsaturated/α-hetero) is 1. The summed E-state index contributed by atoms with van der Waals surface area (Å²) in [5.74, 6) is -2.49. The fourth-order valence-electron chi connectivity index (χ4n) is 0.972. The van der Waals surface area contributed by atoms with Gasteiger partial charge in [-0.25, -0.2) is 8.78 Å². The van der Waals surface area contributed by atoms with Gasteiger partial charge in [0.15, 0.2) is 5.78 Å². The number of halogens is 2. The third-order valence-corrected chi connectivity index (χ3v) is 1.73. The van der Waals surface area contributed by atoms with E-state index in [0.29, 0.717) is 6.07 Å². The number of rotatable bonds is 3. The van der Waals surface area contributed by atoms with Gasteiger partial charge in [0.05, 0.1) is 18.2 Å². The Hall–Kier alpha value is -1.33. The first kappa shape index (κ1) is 10.7. The maximum atomic E-state index is 13.0. The predicted octanol–water partition coefficient (Wildman–Crippen LogP) is 0.467. The number of ketones is 1. The highest BCUT2D eigenvalue weighted by atomic mass is 19.1. The molecular weight excluding hydrogens is 192 g/mol. The second-order valence-electron chi connectivity index (χ2n) is 2.78. The van der Waals surface area contributed by atoms with Gasteiger partial charge in [-0.05, 0) is 12.1 Å². The first-order valence-corrected chi connectivity index (χ1v) is 3.92. The molecule has 5 heteroatoms. The predicted molar refractivity (Wildman–Crippen MR) is 45.7 cm³/mol. The van der Waals surface area contributed by atoms with Crippen LogP contribution in [0.1, 0.15) is 10.4 Å². The van der Waals surface area contributed by atoms with Crippen molar-refractivity contribution in [3.05, 3.63) is 35.4 Å². The largest absolute Gasteiger partial charge is 0.394 e. The Bertz CT molecular complexity index is 355. The topological polar surface area (TPSA) is 63.3 Å². The SMILES string of the molecule is NC(CO)C(=O)c1ccc(F)cc1F. The zero-order chi connectivity index (χ0) is 10.7. The summed E-state index contributed by atoms with van der Waals surface area (Å²) < 4.78 is 25.5. The van der Waals surface area contributed by atoms with Crippen molar-refractivity contribution in [2.75, 3.05) is 6.61 Å². The molecule has 0 amide bonds. The number of benzene rings is 1. The lowest BCUT2D eigenvalue weighted by Crippen LogP contribution is -2.34. The summed E-state index contributed by atoms with van der Waals surface area (Å²) in [6, 6.07) is 1.38. The number of aliphatic hydroxyl groups is 1. The monoisotopic (exact) mass is 201 g/mol. The molecule has 0 aromatic heterocycles. The maximum Gasteiger partial charge on any atom is 0.184 e. The zero-order valence-electron chi connectivity index (χ0n) is 7.21. The Morgan fingerprint density at radius 3 is 2.64 bits per heavy atom. The van der Waals surface area contributed by atoms with Gasteiger partial charge in [0.1, 0.15) is 11.6 Å². The quantitative estimate of drug-likeness (QED) is 0.698. The van der Waals surface area contributed by atoms with E-state index in [1.165, 1.54) is 0 Å². The summed E-state index contributed by atoms with van der Waals surface area (Å²) in [5, 5.41) is 8.57. The van der Waals surface area contributed by atoms with Crippen LogP contribution in [0.4, 0.5) is 8.78 Å². The molecule has 0 aliphatic rings. The summed E-state index contributed by atoms with van der Waals surface area (Å²) in [6.07, 6.45) is 0. The lowest BCUT2D eigenvalue weighted by Gasteiger charge is -2.07. The average Bonchev–Trinajstić information content (AvgIpc) is 2.15. The Kier molecular flexibility index (Phi) is 3.27. The molecule has 76 valence electrons. The molecule has 0 fully saturated rings. The van der Waals surface area contributed by atoms with Crippen LogP contribution in [-0.4, -0.2) is 23.5 Å². The molecule has 1 aromatic rings. The van der Waals surface area contributed by atoms with Crippen molar-refractivity contribution in [2.24, 2.45) is 5.73 Å². The van der Waals surface area contributed by atoms with Gasteiger partial charge in [-0.2, -0.15) is 0 Å². The van der Waals surface area contributed by atoms with Crippen LogP contribution in [0.3, 0.4) is 0 Å². The summed E-state index contributed by atoms with van der Waals surface area (Å²) in [5.41, 5.74) is 4.88. The molecule has 1 unspecified atom stereocenters. The molecule has 0 saturated carbocycles. The van der Waals surface area contributed by atoms with Crippen LogP contribution in [0.5, 0.6) is 0 Å². The normalized spacial score (nSPS) is 12.6. The number of carbonyl (C=O) groups excluding carboxylic acids is 1. The Labute approximate surface area is 79.2 Å². The van der Waals surface area contributed by atoms with Crippen LogP contribution in [0.15, 0.2) is 18.2 Å². The minimum atomic E-state index is -1.17. The maximum absolute atomic E-state index is 13.0. The van der Waals surface area contributed by atoms with Gasteiger partial charge in [-0.3, -0.25) is 4.79 Å². The van der Waals surface area contributed by atoms with Gasteiger partial charge in [-0.15, -0.1) is 0 Å². The molecule has 0 aliphatic carbocycles. The number of hydrogen-bond acceptors (Lipinski definition) is 3. The van der Waals surface area contributed by atoms with Gasteiger partial charge >= 0.3 is 0 Å². The van der Waals surface area contributed by atoms with E-state index in [1.54, 1.807) is 0 Å². The van der Waals surface area contributed by atoms with Crippen molar-refractivity contribution in [2.45, 2.75) is 6.04 Å². The first-order valence-electron chi connectivity index (χ1n) is 3.92. The zero-order valence-corrected chi connectivity index (χ0v) is 7.21. The Balaban J connectivity index is 3.02. The fourth-order valence-corrected chi connectivity index (χ4v) is 0.972. The lowest BCUT2D eigenvalue weighted by atomic mass is 10.0. The van der Waals surface area contributed by atoms with Crippen LogP contribution < -0.4 is 5.73 Å². The van der Waals surface area contributed by atoms with Crippen LogP contribution in [0, 0.1) is 11.6 Å².